The van der Waals surface area contributed by atoms with Crippen molar-refractivity contribution in [3.05, 3.63) is 0 Å². The Morgan fingerprint density at radius 1 is 1.33 bits per heavy atom. The zero-order chi connectivity index (χ0) is 8.97. The van der Waals surface area contributed by atoms with Crippen LogP contribution in [0.15, 0.2) is 0 Å². The van der Waals surface area contributed by atoms with Gasteiger partial charge in [0.15, 0.2) is 0 Å². The Morgan fingerprint density at radius 3 is 2.00 bits per heavy atom. The summed E-state index contributed by atoms with van der Waals surface area (Å²) in [6.07, 6.45) is 6.63. The smallest absolute Gasteiger partial charge is 0.222 e. The summed E-state index contributed by atoms with van der Waals surface area (Å²) in [7, 11) is 1.68. The molecule has 0 aromatic heterocycles. The third kappa shape index (κ3) is 3.74. The van der Waals surface area contributed by atoms with Gasteiger partial charge in [-0.15, -0.1) is 0 Å². The van der Waals surface area contributed by atoms with Gasteiger partial charge in [0, 0.05) is 13.0 Å². The van der Waals surface area contributed by atoms with Crippen molar-refractivity contribution in [2.75, 3.05) is 7.05 Å². The van der Waals surface area contributed by atoms with E-state index in [1.54, 1.807) is 7.05 Å². The van der Waals surface area contributed by atoms with E-state index in [-0.39, 0.29) is 5.91 Å². The predicted molar refractivity (Wildman–Crippen MR) is 49.8 cm³/mol. The second kappa shape index (κ2) is 4.48. The van der Waals surface area contributed by atoms with Crippen molar-refractivity contribution in [2.45, 2.75) is 39.0 Å². The Hall–Kier alpha value is -0.530. The fraction of sp³-hybridized carbons (Fsp3) is 0.900. The average molecular weight is 169 g/mol. The van der Waals surface area contributed by atoms with Crippen LogP contribution in [0.1, 0.15) is 39.0 Å². The molecule has 0 atom stereocenters. The quantitative estimate of drug-likeness (QED) is 0.672. The van der Waals surface area contributed by atoms with Crippen LogP contribution in [-0.2, 0) is 4.79 Å². The molecule has 70 valence electrons. The van der Waals surface area contributed by atoms with Crippen molar-refractivity contribution in [3.63, 3.8) is 0 Å². The van der Waals surface area contributed by atoms with Gasteiger partial charge in [0.2, 0.25) is 5.91 Å². The SMILES string of the molecule is CCC1CC1.CNC(=O)C1CC1. The van der Waals surface area contributed by atoms with Crippen LogP contribution in [0.2, 0.25) is 0 Å². The van der Waals surface area contributed by atoms with Crippen LogP contribution in [0.25, 0.3) is 0 Å². The lowest BCUT2D eigenvalue weighted by Crippen LogP contribution is -2.18. The summed E-state index contributed by atoms with van der Waals surface area (Å²) >= 11 is 0. The highest BCUT2D eigenvalue weighted by atomic mass is 16.1. The van der Waals surface area contributed by atoms with Crippen LogP contribution in [0, 0.1) is 11.8 Å². The predicted octanol–water partition coefficient (Wildman–Crippen LogP) is 1.95. The van der Waals surface area contributed by atoms with Crippen molar-refractivity contribution >= 4 is 5.91 Å². The van der Waals surface area contributed by atoms with Crippen LogP contribution in [0.5, 0.6) is 0 Å². The lowest BCUT2D eigenvalue weighted by molar-refractivity contribution is -0.121. The Balaban J connectivity index is 0.000000127. The molecular formula is C10H19NO. The van der Waals surface area contributed by atoms with E-state index in [0.29, 0.717) is 5.92 Å². The largest absolute Gasteiger partial charge is 0.359 e. The molecule has 2 aliphatic carbocycles. The van der Waals surface area contributed by atoms with E-state index in [1.165, 1.54) is 19.3 Å². The first-order chi connectivity index (χ1) is 5.77. The van der Waals surface area contributed by atoms with Gasteiger partial charge in [-0.2, -0.15) is 0 Å². The third-order valence-corrected chi connectivity index (χ3v) is 2.47. The van der Waals surface area contributed by atoms with Crippen LogP contribution in [0.3, 0.4) is 0 Å². The van der Waals surface area contributed by atoms with Gasteiger partial charge in [-0.3, -0.25) is 4.79 Å². The summed E-state index contributed by atoms with van der Waals surface area (Å²) in [4.78, 5) is 10.5. The summed E-state index contributed by atoms with van der Waals surface area (Å²) in [6.45, 7) is 2.26. The summed E-state index contributed by atoms with van der Waals surface area (Å²) in [5, 5.41) is 2.59. The minimum absolute atomic E-state index is 0.208. The van der Waals surface area contributed by atoms with Gasteiger partial charge < -0.3 is 5.32 Å². The molecule has 1 N–H and O–H groups in total. The molecule has 2 aliphatic rings. The second-order valence-electron chi connectivity index (χ2n) is 3.74. The van der Waals surface area contributed by atoms with Crippen molar-refractivity contribution < 1.29 is 4.79 Å². The van der Waals surface area contributed by atoms with Crippen LogP contribution >= 0.6 is 0 Å². The maximum absolute atomic E-state index is 10.5. The van der Waals surface area contributed by atoms with E-state index in [4.69, 9.17) is 0 Å². The van der Waals surface area contributed by atoms with Crippen molar-refractivity contribution in [2.24, 2.45) is 11.8 Å². The summed E-state index contributed by atoms with van der Waals surface area (Å²) < 4.78 is 0. The molecule has 2 nitrogen and oxygen atoms in total. The molecule has 1 amide bonds. The zero-order valence-corrected chi connectivity index (χ0v) is 8.10. The van der Waals surface area contributed by atoms with Gasteiger partial charge in [-0.05, 0) is 18.8 Å². The lowest BCUT2D eigenvalue weighted by Gasteiger charge is -1.89. The average Bonchev–Trinajstić information content (AvgIpc) is 2.90. The summed E-state index contributed by atoms with van der Waals surface area (Å²) in [5.74, 6) is 1.71. The molecule has 0 bridgehead atoms. The van der Waals surface area contributed by atoms with Crippen LogP contribution < -0.4 is 5.32 Å². The fourth-order valence-corrected chi connectivity index (χ4v) is 1.08. The Bertz CT molecular complexity index is 148. The molecule has 0 unspecified atom stereocenters. The van der Waals surface area contributed by atoms with Gasteiger partial charge in [0.05, 0.1) is 0 Å². The monoisotopic (exact) mass is 169 g/mol. The first-order valence-electron chi connectivity index (χ1n) is 4.99. The topological polar surface area (TPSA) is 29.1 Å². The highest BCUT2D eigenvalue weighted by Gasteiger charge is 2.28. The molecule has 0 spiro atoms. The second-order valence-corrected chi connectivity index (χ2v) is 3.74. The van der Waals surface area contributed by atoms with E-state index in [1.807, 2.05) is 0 Å². The number of carbonyl (C=O) groups excluding carboxylic acids is 1. The number of hydrogen-bond donors (Lipinski definition) is 1. The molecule has 0 aromatic carbocycles. The Morgan fingerprint density at radius 2 is 1.92 bits per heavy atom. The lowest BCUT2D eigenvalue weighted by atomic mass is 10.3. The van der Waals surface area contributed by atoms with Gasteiger partial charge >= 0.3 is 0 Å². The standard InChI is InChI=1S/C5H9NO.C5H10/c1-6-5(7)4-2-3-4;1-2-5-3-4-5/h4H,2-3H2,1H3,(H,6,7);5H,2-4H2,1H3. The molecule has 12 heavy (non-hydrogen) atoms. The van der Waals surface area contributed by atoms with Crippen molar-refractivity contribution in [1.82, 2.24) is 5.32 Å². The van der Waals surface area contributed by atoms with Gasteiger partial charge in [0.25, 0.3) is 0 Å². The third-order valence-electron chi connectivity index (χ3n) is 2.47. The van der Waals surface area contributed by atoms with E-state index in [0.717, 1.165) is 18.8 Å². The number of amides is 1. The molecule has 2 heteroatoms. The van der Waals surface area contributed by atoms with Crippen LogP contribution in [-0.4, -0.2) is 13.0 Å². The summed E-state index contributed by atoms with van der Waals surface area (Å²) in [5.41, 5.74) is 0. The molecule has 0 aliphatic heterocycles. The molecule has 2 rings (SSSR count). The number of carbonyl (C=O) groups is 1. The number of nitrogens with one attached hydrogen (secondary N) is 1. The molecule has 0 heterocycles. The maximum atomic E-state index is 10.5. The Kier molecular flexibility index (Phi) is 3.57. The fourth-order valence-electron chi connectivity index (χ4n) is 1.08. The minimum atomic E-state index is 0.208. The van der Waals surface area contributed by atoms with Crippen molar-refractivity contribution in [3.8, 4) is 0 Å². The van der Waals surface area contributed by atoms with Gasteiger partial charge in [-0.1, -0.05) is 26.2 Å². The first kappa shape index (κ1) is 9.56. The highest BCUT2D eigenvalue weighted by Crippen LogP contribution is 2.31. The van der Waals surface area contributed by atoms with E-state index >= 15 is 0 Å². The number of hydrogen-bond acceptors (Lipinski definition) is 1. The molecule has 0 aromatic rings. The zero-order valence-electron chi connectivity index (χ0n) is 8.10. The van der Waals surface area contributed by atoms with E-state index < -0.39 is 0 Å². The summed E-state index contributed by atoms with van der Waals surface area (Å²) in [6, 6.07) is 0. The highest BCUT2D eigenvalue weighted by molar-refractivity contribution is 5.80. The molecule has 0 saturated heterocycles. The number of rotatable bonds is 2. The molecular weight excluding hydrogens is 150 g/mol. The molecule has 0 radical (unpaired) electrons. The maximum Gasteiger partial charge on any atom is 0.222 e. The Labute approximate surface area is 74.7 Å². The van der Waals surface area contributed by atoms with Gasteiger partial charge in [-0.25, -0.2) is 0 Å². The van der Waals surface area contributed by atoms with E-state index in [2.05, 4.69) is 12.2 Å². The minimum Gasteiger partial charge on any atom is -0.359 e. The first-order valence-corrected chi connectivity index (χ1v) is 4.99. The van der Waals surface area contributed by atoms with Crippen molar-refractivity contribution in [1.29, 1.82) is 0 Å². The molecule has 2 saturated carbocycles. The van der Waals surface area contributed by atoms with Crippen LogP contribution in [0.4, 0.5) is 0 Å². The van der Waals surface area contributed by atoms with E-state index in [9.17, 15) is 4.79 Å². The molecule has 2 fully saturated rings. The van der Waals surface area contributed by atoms with Gasteiger partial charge in [0.1, 0.15) is 0 Å². The normalized spacial score (nSPS) is 20.8.